The molecular weight excluding hydrogens is 436 g/mol. The van der Waals surface area contributed by atoms with Crippen LogP contribution in [0.4, 0.5) is 11.4 Å². The maximum Gasteiger partial charge on any atom is 0.229 e. The van der Waals surface area contributed by atoms with Crippen molar-refractivity contribution in [3.8, 4) is 0 Å². The molecule has 1 N–H and O–H groups in total. The van der Waals surface area contributed by atoms with Crippen molar-refractivity contribution in [1.29, 1.82) is 0 Å². The van der Waals surface area contributed by atoms with Crippen LogP contribution in [0, 0.1) is 12.8 Å². The predicted molar refractivity (Wildman–Crippen MR) is 102 cm³/mol. The molecule has 0 spiro atoms. The highest BCUT2D eigenvalue weighted by molar-refractivity contribution is 9.11. The minimum absolute atomic E-state index is 0.0210. The highest BCUT2D eigenvalue weighted by Gasteiger charge is 2.35. The van der Waals surface area contributed by atoms with Gasteiger partial charge in [-0.2, -0.15) is 0 Å². The Balaban J connectivity index is 1.72. The third-order valence-corrected chi connectivity index (χ3v) is 5.21. The zero-order valence-electron chi connectivity index (χ0n) is 13.1. The molecule has 0 radical (unpaired) electrons. The molecular formula is C18H16Br2N2O2. The summed E-state index contributed by atoms with van der Waals surface area (Å²) >= 11 is 6.81. The van der Waals surface area contributed by atoms with Crippen LogP contribution in [0.15, 0.2) is 51.4 Å². The third-order valence-electron chi connectivity index (χ3n) is 4.03. The number of nitrogens with one attached hydrogen (secondary N) is 1. The van der Waals surface area contributed by atoms with Crippen molar-refractivity contribution >= 4 is 55.0 Å². The average molecular weight is 452 g/mol. The highest BCUT2D eigenvalue weighted by atomic mass is 79.9. The van der Waals surface area contributed by atoms with E-state index < -0.39 is 0 Å². The topological polar surface area (TPSA) is 49.4 Å². The van der Waals surface area contributed by atoms with Crippen molar-refractivity contribution in [2.24, 2.45) is 5.92 Å². The molecule has 124 valence electrons. The van der Waals surface area contributed by atoms with Gasteiger partial charge in [0.2, 0.25) is 11.8 Å². The summed E-state index contributed by atoms with van der Waals surface area (Å²) in [5.74, 6) is -0.520. The molecule has 1 unspecified atom stereocenters. The Morgan fingerprint density at radius 1 is 1.17 bits per heavy atom. The summed E-state index contributed by atoms with van der Waals surface area (Å²) < 4.78 is 1.68. The van der Waals surface area contributed by atoms with Gasteiger partial charge in [-0.1, -0.05) is 33.6 Å². The summed E-state index contributed by atoms with van der Waals surface area (Å²) in [5.41, 5.74) is 2.67. The Bertz CT molecular complexity index is 790. The summed E-state index contributed by atoms with van der Waals surface area (Å²) in [5, 5.41) is 2.90. The van der Waals surface area contributed by atoms with E-state index in [1.165, 1.54) is 0 Å². The van der Waals surface area contributed by atoms with Gasteiger partial charge in [0, 0.05) is 27.6 Å². The number of carbonyl (C=O) groups is 2. The van der Waals surface area contributed by atoms with E-state index in [4.69, 9.17) is 0 Å². The number of halogens is 2. The number of hydrogen-bond donors (Lipinski definition) is 1. The fraction of sp³-hybridized carbons (Fsp3) is 0.222. The van der Waals surface area contributed by atoms with Gasteiger partial charge in [0.25, 0.3) is 0 Å². The number of amides is 2. The molecule has 0 bridgehead atoms. The average Bonchev–Trinajstić information content (AvgIpc) is 2.94. The Labute approximate surface area is 157 Å². The monoisotopic (exact) mass is 450 g/mol. The Morgan fingerprint density at radius 3 is 2.58 bits per heavy atom. The summed E-state index contributed by atoms with van der Waals surface area (Å²) in [6.07, 6.45) is 0.228. The van der Waals surface area contributed by atoms with E-state index in [0.29, 0.717) is 12.2 Å². The fourth-order valence-corrected chi connectivity index (χ4v) is 3.39. The zero-order valence-corrected chi connectivity index (χ0v) is 16.2. The second-order valence-corrected chi connectivity index (χ2v) is 7.62. The number of aryl methyl sites for hydroxylation is 1. The molecule has 2 aromatic carbocycles. The second-order valence-electron chi connectivity index (χ2n) is 5.85. The van der Waals surface area contributed by atoms with Crippen LogP contribution >= 0.6 is 31.9 Å². The van der Waals surface area contributed by atoms with Crippen LogP contribution in [0.2, 0.25) is 0 Å². The van der Waals surface area contributed by atoms with Crippen molar-refractivity contribution < 1.29 is 9.59 Å². The highest BCUT2D eigenvalue weighted by Crippen LogP contribution is 2.29. The lowest BCUT2D eigenvalue weighted by molar-refractivity contribution is -0.122. The van der Waals surface area contributed by atoms with Crippen molar-refractivity contribution in [3.63, 3.8) is 0 Å². The van der Waals surface area contributed by atoms with Crippen LogP contribution in [0.25, 0.3) is 0 Å². The molecule has 0 aliphatic carbocycles. The molecule has 1 aliphatic rings. The van der Waals surface area contributed by atoms with E-state index in [9.17, 15) is 9.59 Å². The van der Waals surface area contributed by atoms with Gasteiger partial charge in [-0.25, -0.2) is 0 Å². The van der Waals surface area contributed by atoms with Gasteiger partial charge in [-0.15, -0.1) is 0 Å². The molecule has 6 heteroatoms. The molecule has 1 heterocycles. The Hall–Kier alpha value is -1.66. The molecule has 4 nitrogen and oxygen atoms in total. The molecule has 3 rings (SSSR count). The van der Waals surface area contributed by atoms with Gasteiger partial charge in [0.05, 0.1) is 11.6 Å². The lowest BCUT2D eigenvalue weighted by Crippen LogP contribution is -2.28. The predicted octanol–water partition coefficient (Wildman–Crippen LogP) is 4.51. The first-order valence-corrected chi connectivity index (χ1v) is 9.15. The number of hydrogen-bond acceptors (Lipinski definition) is 2. The van der Waals surface area contributed by atoms with E-state index in [2.05, 4.69) is 37.2 Å². The SMILES string of the molecule is Cc1ccc(N2CC(C(=O)Nc3cc(Br)ccc3Br)CC2=O)cc1. The minimum atomic E-state index is -0.357. The molecule has 1 aliphatic heterocycles. The van der Waals surface area contributed by atoms with E-state index in [-0.39, 0.29) is 24.2 Å². The number of benzene rings is 2. The first-order chi connectivity index (χ1) is 11.4. The van der Waals surface area contributed by atoms with Crippen LogP contribution in [-0.2, 0) is 9.59 Å². The van der Waals surface area contributed by atoms with Gasteiger partial charge in [0.1, 0.15) is 0 Å². The van der Waals surface area contributed by atoms with Crippen LogP contribution in [0.1, 0.15) is 12.0 Å². The molecule has 1 fully saturated rings. The summed E-state index contributed by atoms with van der Waals surface area (Å²) in [4.78, 5) is 26.5. The number of carbonyl (C=O) groups excluding carboxylic acids is 2. The number of rotatable bonds is 3. The van der Waals surface area contributed by atoms with Gasteiger partial charge < -0.3 is 10.2 Å². The quantitative estimate of drug-likeness (QED) is 0.746. The lowest BCUT2D eigenvalue weighted by atomic mass is 10.1. The smallest absolute Gasteiger partial charge is 0.229 e. The zero-order chi connectivity index (χ0) is 17.3. The first-order valence-electron chi connectivity index (χ1n) is 7.57. The van der Waals surface area contributed by atoms with Crippen molar-refractivity contribution in [2.75, 3.05) is 16.8 Å². The molecule has 2 amide bonds. The molecule has 0 aromatic heterocycles. The largest absolute Gasteiger partial charge is 0.325 e. The van der Waals surface area contributed by atoms with Gasteiger partial charge in [0.15, 0.2) is 0 Å². The van der Waals surface area contributed by atoms with E-state index in [1.54, 1.807) is 4.90 Å². The van der Waals surface area contributed by atoms with E-state index >= 15 is 0 Å². The number of anilines is 2. The van der Waals surface area contributed by atoms with Crippen molar-refractivity contribution in [1.82, 2.24) is 0 Å². The van der Waals surface area contributed by atoms with Crippen LogP contribution in [0.3, 0.4) is 0 Å². The van der Waals surface area contributed by atoms with Crippen LogP contribution < -0.4 is 10.2 Å². The van der Waals surface area contributed by atoms with Crippen molar-refractivity contribution in [3.05, 3.63) is 57.0 Å². The Kier molecular flexibility index (Phi) is 5.06. The third kappa shape index (κ3) is 3.70. The lowest BCUT2D eigenvalue weighted by Gasteiger charge is -2.17. The van der Waals surface area contributed by atoms with Gasteiger partial charge >= 0.3 is 0 Å². The maximum atomic E-state index is 12.5. The number of nitrogens with zero attached hydrogens (tertiary/aromatic N) is 1. The van der Waals surface area contributed by atoms with Crippen molar-refractivity contribution in [2.45, 2.75) is 13.3 Å². The van der Waals surface area contributed by atoms with Gasteiger partial charge in [-0.05, 0) is 53.2 Å². The van der Waals surface area contributed by atoms with E-state index in [0.717, 1.165) is 20.2 Å². The molecule has 2 aromatic rings. The van der Waals surface area contributed by atoms with Crippen LogP contribution in [-0.4, -0.2) is 18.4 Å². The molecule has 1 saturated heterocycles. The summed E-state index contributed by atoms with van der Waals surface area (Å²) in [7, 11) is 0. The normalized spacial score (nSPS) is 17.2. The first kappa shape index (κ1) is 17.2. The Morgan fingerprint density at radius 2 is 1.88 bits per heavy atom. The molecule has 0 saturated carbocycles. The van der Waals surface area contributed by atoms with Gasteiger partial charge in [-0.3, -0.25) is 9.59 Å². The standard InChI is InChI=1S/C18H16Br2N2O2/c1-11-2-5-14(6-3-11)22-10-12(8-17(22)23)18(24)21-16-9-13(19)4-7-15(16)20/h2-7,9,12H,8,10H2,1H3,(H,21,24). The molecule has 1 atom stereocenters. The second kappa shape index (κ2) is 7.07. The fourth-order valence-electron chi connectivity index (χ4n) is 2.69. The van der Waals surface area contributed by atoms with E-state index in [1.807, 2.05) is 49.4 Å². The summed E-state index contributed by atoms with van der Waals surface area (Å²) in [6.45, 7) is 2.40. The molecule has 24 heavy (non-hydrogen) atoms. The van der Waals surface area contributed by atoms with Crippen LogP contribution in [0.5, 0.6) is 0 Å². The maximum absolute atomic E-state index is 12.5. The summed E-state index contributed by atoms with van der Waals surface area (Å²) in [6, 6.07) is 13.3. The minimum Gasteiger partial charge on any atom is -0.325 e.